The molecule has 4 aromatic carbocycles. The standard InChI is InChI=1S/C66H66N6O14S/c1-64-28-27-47(74)30-44(64)19-22-48-49-31-54-66(53(76)35-73,65(49,2)32-52(75)59(48)64)86-61(85-54)42-15-11-38(12-16-42)29-46-37-87-62(69-46)71-63(83)84-36-39-13-20-45(21-14-39)68-60(82)50(23-26-58(80)81)70-56(78)33-67-55(77)24-25-57(79)72-34-43-9-4-3-7-40(43)17-18-41-8-5-6-10-51(41)72/h3-16,20-21,27-28,30,37,48-50,52,54,59,61,73,75H,19,22-26,29,31-36H2,1-2H3,(H,67,77)(H,68,82)(H,70,78)(H,80,81)(H,69,71,83)/t48-,49-,50-,52-,54+,59+,61+,64-,65-,66+/m0/s1. The first-order valence-electron chi connectivity index (χ1n) is 29.1. The van der Waals surface area contributed by atoms with E-state index < -0.39 is 96.1 Å². The zero-order valence-corrected chi connectivity index (χ0v) is 48.7. The molecule has 4 aliphatic carbocycles. The first-order valence-corrected chi connectivity index (χ1v) is 30.0. The van der Waals surface area contributed by atoms with Crippen molar-refractivity contribution in [2.45, 2.75) is 115 Å². The predicted molar refractivity (Wildman–Crippen MR) is 318 cm³/mol. The van der Waals surface area contributed by atoms with Gasteiger partial charge >= 0.3 is 12.1 Å². The number of thiazole rings is 1. The summed E-state index contributed by atoms with van der Waals surface area (Å²) >= 11 is 1.22. The van der Waals surface area contributed by atoms with Crippen LogP contribution in [-0.2, 0) is 67.3 Å². The van der Waals surface area contributed by atoms with Crippen LogP contribution in [0.2, 0.25) is 0 Å². The van der Waals surface area contributed by atoms with Crippen LogP contribution in [0, 0.1) is 40.4 Å². The summed E-state index contributed by atoms with van der Waals surface area (Å²) in [5, 5.41) is 44.2. The smallest absolute Gasteiger partial charge is 0.413 e. The molecule has 6 aliphatic rings. The van der Waals surface area contributed by atoms with E-state index in [1.807, 2.05) is 79.0 Å². The third-order valence-electron chi connectivity index (χ3n) is 18.3. The number of amides is 5. The summed E-state index contributed by atoms with van der Waals surface area (Å²) in [6.07, 6.45) is 3.83. The molecule has 10 atom stereocenters. The van der Waals surface area contributed by atoms with Crippen LogP contribution in [-0.4, -0.2) is 105 Å². The van der Waals surface area contributed by atoms with Crippen molar-refractivity contribution in [2.75, 3.05) is 28.7 Å². The van der Waals surface area contributed by atoms with Crippen molar-refractivity contribution in [2.24, 2.45) is 28.6 Å². The highest BCUT2D eigenvalue weighted by Gasteiger charge is 2.76. The Morgan fingerprint density at radius 2 is 1.62 bits per heavy atom. The van der Waals surface area contributed by atoms with Crippen molar-refractivity contribution < 1.29 is 67.9 Å². The summed E-state index contributed by atoms with van der Waals surface area (Å²) in [6.45, 7) is 2.96. The lowest BCUT2D eigenvalue weighted by Crippen LogP contribution is -2.63. The van der Waals surface area contributed by atoms with E-state index in [-0.39, 0.29) is 68.3 Å². The number of Topliss-reactive ketones (excluding diaryl/α,β-unsaturated/α-hetero) is 1. The maximum Gasteiger partial charge on any atom is 0.413 e. The van der Waals surface area contributed by atoms with Crippen molar-refractivity contribution in [1.29, 1.82) is 0 Å². The molecule has 3 saturated carbocycles. The number of para-hydroxylation sites is 1. The average Bonchev–Trinajstić information content (AvgIpc) is 1.56. The van der Waals surface area contributed by atoms with Gasteiger partial charge in [0.25, 0.3) is 0 Å². The fourth-order valence-corrected chi connectivity index (χ4v) is 14.8. The van der Waals surface area contributed by atoms with E-state index in [4.69, 9.17) is 14.2 Å². The van der Waals surface area contributed by atoms with Crippen molar-refractivity contribution in [3.05, 3.63) is 165 Å². The number of carboxylic acids is 1. The number of aliphatic hydroxyl groups excluding tert-OH is 2. The van der Waals surface area contributed by atoms with Crippen molar-refractivity contribution >= 4 is 75.1 Å². The number of aliphatic carboxylic acids is 1. The van der Waals surface area contributed by atoms with E-state index >= 15 is 0 Å². The predicted octanol–water partition coefficient (Wildman–Crippen LogP) is 7.22. The van der Waals surface area contributed by atoms with Crippen molar-refractivity contribution in [3.8, 4) is 11.8 Å². The van der Waals surface area contributed by atoms with Gasteiger partial charge in [0, 0.05) is 70.2 Å². The molecule has 20 nitrogen and oxygen atoms in total. The summed E-state index contributed by atoms with van der Waals surface area (Å²) in [6, 6.07) is 27.4. The molecule has 5 aromatic rings. The number of carbonyl (C=O) groups excluding carboxylic acids is 7. The van der Waals surface area contributed by atoms with Gasteiger partial charge in [-0.3, -0.25) is 38.9 Å². The minimum Gasteiger partial charge on any atom is -0.481 e. The fraction of sp³-hybridized carbons (Fsp3) is 0.379. The highest BCUT2D eigenvalue weighted by molar-refractivity contribution is 7.13. The summed E-state index contributed by atoms with van der Waals surface area (Å²) < 4.78 is 18.8. The average molecular weight is 1200 g/mol. The lowest BCUT2D eigenvalue weighted by molar-refractivity contribution is -0.201. The number of anilines is 3. The molecule has 21 heteroatoms. The molecule has 0 radical (unpaired) electrons. The van der Waals surface area contributed by atoms with Crippen LogP contribution in [0.5, 0.6) is 0 Å². The van der Waals surface area contributed by atoms with E-state index in [0.717, 1.165) is 35.1 Å². The second kappa shape index (κ2) is 25.0. The minimum atomic E-state index is -1.47. The highest BCUT2D eigenvalue weighted by Crippen LogP contribution is 2.70. The van der Waals surface area contributed by atoms with Crippen LogP contribution in [0.4, 0.5) is 21.3 Å². The van der Waals surface area contributed by atoms with Gasteiger partial charge in [0.1, 0.15) is 19.3 Å². The van der Waals surface area contributed by atoms with Gasteiger partial charge in [0.15, 0.2) is 28.6 Å². The number of nitrogens with zero attached hydrogens (tertiary/aromatic N) is 2. The molecule has 450 valence electrons. The molecule has 3 heterocycles. The zero-order chi connectivity index (χ0) is 61.2. The number of hydrogen-bond acceptors (Lipinski definition) is 15. The summed E-state index contributed by atoms with van der Waals surface area (Å²) in [4.78, 5) is 110. The topological polar surface area (TPSA) is 289 Å². The molecule has 1 aromatic heterocycles. The van der Waals surface area contributed by atoms with Crippen LogP contribution >= 0.6 is 11.3 Å². The van der Waals surface area contributed by atoms with Gasteiger partial charge in [0.2, 0.25) is 23.6 Å². The Morgan fingerprint density at radius 3 is 2.39 bits per heavy atom. The Morgan fingerprint density at radius 1 is 0.885 bits per heavy atom. The minimum absolute atomic E-state index is 0.0284. The lowest BCUT2D eigenvalue weighted by atomic mass is 9.46. The van der Waals surface area contributed by atoms with Gasteiger partial charge in [-0.25, -0.2) is 9.78 Å². The third kappa shape index (κ3) is 12.2. The van der Waals surface area contributed by atoms with Gasteiger partial charge in [-0.15, -0.1) is 11.3 Å². The van der Waals surface area contributed by atoms with Gasteiger partial charge in [0.05, 0.1) is 36.7 Å². The number of carbonyl (C=O) groups is 8. The van der Waals surface area contributed by atoms with Crippen LogP contribution in [0.1, 0.15) is 111 Å². The molecule has 4 fully saturated rings. The molecule has 7 N–H and O–H groups in total. The van der Waals surface area contributed by atoms with Gasteiger partial charge in [-0.1, -0.05) is 104 Å². The molecule has 0 bridgehead atoms. The molecule has 0 spiro atoms. The number of fused-ring (bicyclic) bond motifs is 9. The monoisotopic (exact) mass is 1200 g/mol. The Balaban J connectivity index is 0.624. The quantitative estimate of drug-likeness (QED) is 0.0402. The highest BCUT2D eigenvalue weighted by atomic mass is 32.1. The molecular weight excluding hydrogens is 1130 g/mol. The maximum absolute atomic E-state index is 14.0. The Hall–Kier alpha value is -8.65. The van der Waals surface area contributed by atoms with Crippen molar-refractivity contribution in [3.63, 3.8) is 0 Å². The van der Waals surface area contributed by atoms with Gasteiger partial charge in [-0.2, -0.15) is 0 Å². The Bertz CT molecular complexity index is 3680. The molecule has 1 saturated heterocycles. The third-order valence-corrected chi connectivity index (χ3v) is 19.1. The van der Waals surface area contributed by atoms with Gasteiger partial charge < -0.3 is 50.4 Å². The number of hydrogen-bond donors (Lipinski definition) is 7. The van der Waals surface area contributed by atoms with E-state index in [2.05, 4.69) is 45.0 Å². The van der Waals surface area contributed by atoms with E-state index in [1.165, 1.54) is 11.3 Å². The Kier molecular flexibility index (Phi) is 17.2. The van der Waals surface area contributed by atoms with Crippen LogP contribution < -0.4 is 26.2 Å². The van der Waals surface area contributed by atoms with E-state index in [1.54, 1.807) is 53.5 Å². The largest absolute Gasteiger partial charge is 0.481 e. The number of nitrogens with one attached hydrogen (secondary N) is 4. The first kappa shape index (κ1) is 60.1. The number of ketones is 2. The molecular formula is C66H66N6O14S. The van der Waals surface area contributed by atoms with E-state index in [9.17, 15) is 53.7 Å². The number of benzene rings is 4. The SMILES string of the molecule is C[C@]12C=CC(=O)C=C1CC[C@@H]1[C@@H]2[C@@H](O)C[C@@]2(C)[C@H]1C[C@H]1O[C@@H](c3ccc(Cc4csc(NC(=O)OCc5ccc(NC(=O)[C@H](CCC(=O)O)NC(=O)CNC(=O)CCC(=O)N6Cc7ccccc7C#Cc7ccccc76)cc5)n4)cc3)O[C@]12C(=O)CO. The molecule has 0 unspecified atom stereocenters. The maximum atomic E-state index is 14.0. The Labute approximate surface area is 505 Å². The number of aliphatic hydroxyl groups is 2. The normalized spacial score (nSPS) is 25.8. The lowest BCUT2D eigenvalue weighted by Gasteiger charge is -2.59. The zero-order valence-electron chi connectivity index (χ0n) is 47.9. The van der Waals surface area contributed by atoms with Gasteiger partial charge in [-0.05, 0) is 103 Å². The van der Waals surface area contributed by atoms with Crippen molar-refractivity contribution in [1.82, 2.24) is 15.6 Å². The second-order valence-electron chi connectivity index (χ2n) is 23.5. The number of aromatic nitrogens is 1. The van der Waals surface area contributed by atoms with Crippen LogP contribution in [0.25, 0.3) is 0 Å². The second-order valence-corrected chi connectivity index (χ2v) is 24.4. The molecule has 11 rings (SSSR count). The fourth-order valence-electron chi connectivity index (χ4n) is 14.1. The number of rotatable bonds is 19. The first-order chi connectivity index (χ1) is 41.8. The summed E-state index contributed by atoms with van der Waals surface area (Å²) in [7, 11) is 0. The van der Waals surface area contributed by atoms with Crippen LogP contribution in [0.3, 0.4) is 0 Å². The van der Waals surface area contributed by atoms with Crippen LogP contribution in [0.15, 0.2) is 126 Å². The molecule has 87 heavy (non-hydrogen) atoms. The molecule has 5 amide bonds. The summed E-state index contributed by atoms with van der Waals surface area (Å²) in [5.41, 5.74) is 4.36. The number of allylic oxidation sites excluding steroid dienone is 4. The summed E-state index contributed by atoms with van der Waals surface area (Å²) in [5.74, 6) is 2.13. The van der Waals surface area contributed by atoms with E-state index in [0.29, 0.717) is 51.7 Å². The molecule has 2 aliphatic heterocycles. The number of carboxylic acid groups (broad SMARTS) is 1. The number of ether oxygens (including phenoxy) is 3.